The van der Waals surface area contributed by atoms with Crippen molar-refractivity contribution >= 4 is 28.6 Å². The maximum Gasteiger partial charge on any atom is 0.0455 e. The van der Waals surface area contributed by atoms with Crippen LogP contribution in [0.15, 0.2) is 72.8 Å². The molecule has 0 N–H and O–H groups in total. The summed E-state index contributed by atoms with van der Waals surface area (Å²) in [6, 6.07) is 26.0. The first-order valence-corrected chi connectivity index (χ1v) is 9.66. The first-order chi connectivity index (χ1) is 13.5. The number of hydrogen-bond donors (Lipinski definition) is 0. The minimum Gasteiger partial charge on any atom is -0.378 e. The summed E-state index contributed by atoms with van der Waals surface area (Å²) in [7, 11) is 4.15. The topological polar surface area (TPSA) is 8.17 Å². The standard InChI is InChI=1S/C26H26N2/c1-19-16-22(20(2)28(19)25-8-6-5-7-9-25)12-10-21-11-13-24-18-26(27(3)4)15-14-23(24)17-21/h5-18H,1-4H3. The number of hydrogen-bond acceptors (Lipinski definition) is 1. The minimum absolute atomic E-state index is 1.21. The van der Waals surface area contributed by atoms with E-state index in [9.17, 15) is 0 Å². The van der Waals surface area contributed by atoms with E-state index < -0.39 is 0 Å². The lowest BCUT2D eigenvalue weighted by Crippen LogP contribution is -2.07. The second-order valence-electron chi connectivity index (χ2n) is 7.52. The first-order valence-electron chi connectivity index (χ1n) is 9.66. The lowest BCUT2D eigenvalue weighted by atomic mass is 10.0. The maximum atomic E-state index is 2.31. The third kappa shape index (κ3) is 3.46. The van der Waals surface area contributed by atoms with Crippen LogP contribution in [0.5, 0.6) is 0 Å². The van der Waals surface area contributed by atoms with Crippen molar-refractivity contribution in [2.24, 2.45) is 0 Å². The van der Waals surface area contributed by atoms with Crippen LogP contribution in [0, 0.1) is 13.8 Å². The van der Waals surface area contributed by atoms with Crippen molar-refractivity contribution in [2.75, 3.05) is 19.0 Å². The van der Waals surface area contributed by atoms with Gasteiger partial charge in [-0.3, -0.25) is 0 Å². The fourth-order valence-electron chi connectivity index (χ4n) is 3.75. The van der Waals surface area contributed by atoms with Crippen LogP contribution in [0.2, 0.25) is 0 Å². The zero-order chi connectivity index (χ0) is 19.7. The zero-order valence-electron chi connectivity index (χ0n) is 17.0. The monoisotopic (exact) mass is 366 g/mol. The Hall–Kier alpha value is -3.26. The third-order valence-electron chi connectivity index (χ3n) is 5.30. The van der Waals surface area contributed by atoms with Gasteiger partial charge in [0.05, 0.1) is 0 Å². The normalized spacial score (nSPS) is 11.4. The van der Waals surface area contributed by atoms with Crippen LogP contribution in [0.1, 0.15) is 22.5 Å². The van der Waals surface area contributed by atoms with Crippen molar-refractivity contribution in [3.8, 4) is 5.69 Å². The Morgan fingerprint density at radius 3 is 2.21 bits per heavy atom. The van der Waals surface area contributed by atoms with Gasteiger partial charge in [0.1, 0.15) is 0 Å². The number of aromatic nitrogens is 1. The highest BCUT2D eigenvalue weighted by Crippen LogP contribution is 2.25. The molecule has 2 nitrogen and oxygen atoms in total. The van der Waals surface area contributed by atoms with E-state index >= 15 is 0 Å². The Morgan fingerprint density at radius 2 is 1.46 bits per heavy atom. The van der Waals surface area contributed by atoms with Gasteiger partial charge in [-0.1, -0.05) is 48.6 Å². The number of nitrogens with zero attached hydrogens (tertiary/aromatic N) is 2. The number of benzene rings is 3. The van der Waals surface area contributed by atoms with Gasteiger partial charge in [0.2, 0.25) is 0 Å². The predicted octanol–water partition coefficient (Wildman–Crippen LogP) is 6.48. The molecule has 0 bridgehead atoms. The molecule has 0 saturated heterocycles. The van der Waals surface area contributed by atoms with Crippen LogP contribution in [0.4, 0.5) is 5.69 Å². The summed E-state index contributed by atoms with van der Waals surface area (Å²) in [6.07, 6.45) is 4.42. The zero-order valence-corrected chi connectivity index (χ0v) is 17.0. The summed E-state index contributed by atoms with van der Waals surface area (Å²) in [5, 5.41) is 2.54. The third-order valence-corrected chi connectivity index (χ3v) is 5.30. The van der Waals surface area contributed by atoms with Gasteiger partial charge in [-0.2, -0.15) is 0 Å². The van der Waals surface area contributed by atoms with Gasteiger partial charge in [0.15, 0.2) is 0 Å². The van der Waals surface area contributed by atoms with Gasteiger partial charge in [-0.05, 0) is 72.1 Å². The molecule has 0 spiro atoms. The van der Waals surface area contributed by atoms with E-state index in [0.29, 0.717) is 0 Å². The summed E-state index contributed by atoms with van der Waals surface area (Å²) in [5.74, 6) is 0. The fraction of sp³-hybridized carbons (Fsp3) is 0.154. The second-order valence-corrected chi connectivity index (χ2v) is 7.52. The van der Waals surface area contributed by atoms with Crippen molar-refractivity contribution < 1.29 is 0 Å². The molecule has 28 heavy (non-hydrogen) atoms. The number of fused-ring (bicyclic) bond motifs is 1. The van der Waals surface area contributed by atoms with Crippen LogP contribution in [-0.2, 0) is 0 Å². The van der Waals surface area contributed by atoms with Gasteiger partial charge in [-0.15, -0.1) is 0 Å². The smallest absolute Gasteiger partial charge is 0.0455 e. The van der Waals surface area contributed by atoms with Crippen molar-refractivity contribution in [1.29, 1.82) is 0 Å². The molecule has 4 aromatic rings. The van der Waals surface area contributed by atoms with Crippen LogP contribution in [0.25, 0.3) is 28.6 Å². The van der Waals surface area contributed by atoms with Crippen molar-refractivity contribution in [3.05, 3.63) is 95.3 Å². The molecule has 1 aromatic heterocycles. The van der Waals surface area contributed by atoms with Crippen molar-refractivity contribution in [3.63, 3.8) is 0 Å². The second kappa shape index (κ2) is 7.40. The summed E-state index contributed by atoms with van der Waals surface area (Å²) < 4.78 is 2.31. The molecule has 0 amide bonds. The summed E-state index contributed by atoms with van der Waals surface area (Å²) >= 11 is 0. The molecule has 0 unspecified atom stereocenters. The minimum atomic E-state index is 1.21. The molecule has 140 valence electrons. The highest BCUT2D eigenvalue weighted by molar-refractivity contribution is 5.88. The Kier molecular flexibility index (Phi) is 4.79. The SMILES string of the molecule is Cc1cc(C=Cc2ccc3cc(N(C)C)ccc3c2)c(C)n1-c1ccccc1. The highest BCUT2D eigenvalue weighted by atomic mass is 15.1. The summed E-state index contributed by atoms with van der Waals surface area (Å²) in [5.41, 5.74) is 7.41. The molecule has 0 radical (unpaired) electrons. The van der Waals surface area contributed by atoms with Crippen LogP contribution < -0.4 is 4.90 Å². The van der Waals surface area contributed by atoms with Gasteiger partial charge >= 0.3 is 0 Å². The largest absolute Gasteiger partial charge is 0.378 e. The maximum absolute atomic E-state index is 2.31. The molecular weight excluding hydrogens is 340 g/mol. The molecule has 0 saturated carbocycles. The molecule has 0 aliphatic carbocycles. The van der Waals surface area contributed by atoms with Gasteiger partial charge in [0, 0.05) is 36.9 Å². The molecular formula is C26H26N2. The first kappa shape index (κ1) is 18.1. The van der Waals surface area contributed by atoms with E-state index in [1.54, 1.807) is 0 Å². The van der Waals surface area contributed by atoms with Crippen molar-refractivity contribution in [2.45, 2.75) is 13.8 Å². The molecule has 4 rings (SSSR count). The van der Waals surface area contributed by atoms with E-state index in [1.807, 2.05) is 0 Å². The van der Waals surface area contributed by atoms with E-state index in [2.05, 4.69) is 122 Å². The highest BCUT2D eigenvalue weighted by Gasteiger charge is 2.08. The van der Waals surface area contributed by atoms with Crippen molar-refractivity contribution in [1.82, 2.24) is 4.57 Å². The molecule has 0 aliphatic rings. The van der Waals surface area contributed by atoms with Gasteiger partial charge in [-0.25, -0.2) is 0 Å². The lowest BCUT2D eigenvalue weighted by Gasteiger charge is -2.13. The van der Waals surface area contributed by atoms with Crippen LogP contribution >= 0.6 is 0 Å². The number of anilines is 1. The Labute approximate surface area is 167 Å². The van der Waals surface area contributed by atoms with E-state index in [4.69, 9.17) is 0 Å². The molecule has 2 heteroatoms. The summed E-state index contributed by atoms with van der Waals surface area (Å²) in [4.78, 5) is 2.13. The van der Waals surface area contributed by atoms with E-state index in [0.717, 1.165) is 0 Å². The average Bonchev–Trinajstić information content (AvgIpc) is 2.99. The van der Waals surface area contributed by atoms with Crippen LogP contribution in [0.3, 0.4) is 0 Å². The molecule has 3 aromatic carbocycles. The number of rotatable bonds is 4. The lowest BCUT2D eigenvalue weighted by molar-refractivity contribution is 0.965. The fourth-order valence-corrected chi connectivity index (χ4v) is 3.75. The summed E-state index contributed by atoms with van der Waals surface area (Å²) in [6.45, 7) is 4.35. The number of para-hydroxylation sites is 1. The quantitative estimate of drug-likeness (QED) is 0.401. The molecule has 0 aliphatic heterocycles. The average molecular weight is 367 g/mol. The molecule has 1 heterocycles. The Bertz CT molecular complexity index is 1150. The predicted molar refractivity (Wildman–Crippen MR) is 122 cm³/mol. The van der Waals surface area contributed by atoms with Gasteiger partial charge < -0.3 is 9.47 Å². The van der Waals surface area contributed by atoms with E-state index in [1.165, 1.54) is 44.7 Å². The van der Waals surface area contributed by atoms with E-state index in [-0.39, 0.29) is 0 Å². The van der Waals surface area contributed by atoms with Crippen LogP contribution in [-0.4, -0.2) is 18.7 Å². The Morgan fingerprint density at radius 1 is 0.750 bits per heavy atom. The van der Waals surface area contributed by atoms with Gasteiger partial charge in [0.25, 0.3) is 0 Å². The molecule has 0 atom stereocenters. The number of aryl methyl sites for hydroxylation is 1. The molecule has 0 fully saturated rings. The Balaban J connectivity index is 1.65.